The molecule has 2 nitrogen and oxygen atoms in total. The molecule has 4 rings (SSSR count). The van der Waals surface area contributed by atoms with Crippen LogP contribution >= 0.6 is 0 Å². The van der Waals surface area contributed by atoms with Gasteiger partial charge in [0.05, 0.1) is 0 Å². The molecule has 1 N–H and O–H groups in total. The molecule has 4 fully saturated rings. The number of nitrogens with one attached hydrogen (secondary N) is 1. The Labute approximate surface area is 106 Å². The largest absolute Gasteiger partial charge is 0.310 e. The van der Waals surface area contributed by atoms with Crippen molar-refractivity contribution < 1.29 is 0 Å². The molecule has 1 saturated carbocycles. The molecule has 3 aliphatic heterocycles. The molecule has 0 aromatic heterocycles. The van der Waals surface area contributed by atoms with Crippen molar-refractivity contribution in [1.82, 2.24) is 10.2 Å². The minimum Gasteiger partial charge on any atom is -0.310 e. The molecule has 0 aromatic carbocycles. The Hall–Kier alpha value is -0.0800. The highest BCUT2D eigenvalue weighted by molar-refractivity contribution is 4.93. The van der Waals surface area contributed by atoms with Gasteiger partial charge in [0.25, 0.3) is 0 Å². The molecule has 17 heavy (non-hydrogen) atoms. The Morgan fingerprint density at radius 3 is 2.29 bits per heavy atom. The lowest BCUT2D eigenvalue weighted by molar-refractivity contribution is 0.0618. The van der Waals surface area contributed by atoms with Gasteiger partial charge in [0, 0.05) is 18.6 Å². The number of hydrogen-bond donors (Lipinski definition) is 1. The van der Waals surface area contributed by atoms with Crippen molar-refractivity contribution >= 4 is 0 Å². The number of nitrogens with zero attached hydrogens (tertiary/aromatic N) is 1. The maximum Gasteiger partial charge on any atom is 0.0226 e. The molecule has 98 valence electrons. The molecule has 1 aliphatic carbocycles. The van der Waals surface area contributed by atoms with Gasteiger partial charge in [-0.1, -0.05) is 19.3 Å². The van der Waals surface area contributed by atoms with Crippen molar-refractivity contribution in [2.24, 2.45) is 11.8 Å². The van der Waals surface area contributed by atoms with E-state index in [2.05, 4.69) is 17.1 Å². The van der Waals surface area contributed by atoms with E-state index >= 15 is 0 Å². The first-order valence-corrected chi connectivity index (χ1v) is 7.81. The fraction of sp³-hybridized carbons (Fsp3) is 1.00. The van der Waals surface area contributed by atoms with Gasteiger partial charge in [0.15, 0.2) is 0 Å². The summed E-state index contributed by atoms with van der Waals surface area (Å²) in [5.41, 5.74) is 0. The summed E-state index contributed by atoms with van der Waals surface area (Å²) in [7, 11) is 0. The van der Waals surface area contributed by atoms with Gasteiger partial charge in [0.2, 0.25) is 0 Å². The second-order valence-electron chi connectivity index (χ2n) is 6.60. The molecule has 0 radical (unpaired) electrons. The van der Waals surface area contributed by atoms with Crippen LogP contribution in [0, 0.1) is 11.8 Å². The summed E-state index contributed by atoms with van der Waals surface area (Å²) < 4.78 is 0. The molecule has 2 atom stereocenters. The van der Waals surface area contributed by atoms with Crippen LogP contribution < -0.4 is 5.32 Å². The smallest absolute Gasteiger partial charge is 0.0226 e. The topological polar surface area (TPSA) is 15.3 Å². The van der Waals surface area contributed by atoms with Gasteiger partial charge in [-0.15, -0.1) is 0 Å². The molecule has 0 spiro atoms. The van der Waals surface area contributed by atoms with Gasteiger partial charge in [-0.25, -0.2) is 0 Å². The van der Waals surface area contributed by atoms with E-state index in [0.717, 1.165) is 23.9 Å². The second kappa shape index (κ2) is 5.27. The molecular weight excluding hydrogens is 208 g/mol. The number of piperidine rings is 3. The zero-order chi connectivity index (χ0) is 11.7. The van der Waals surface area contributed by atoms with Crippen molar-refractivity contribution in [3.8, 4) is 0 Å². The predicted octanol–water partition coefficient (Wildman–Crippen LogP) is 2.64. The van der Waals surface area contributed by atoms with Crippen LogP contribution in [0.15, 0.2) is 0 Å². The maximum absolute atomic E-state index is 3.98. The fourth-order valence-corrected chi connectivity index (χ4v) is 4.26. The Balaban J connectivity index is 1.52. The van der Waals surface area contributed by atoms with Crippen LogP contribution in [0.2, 0.25) is 0 Å². The Bertz CT molecular complexity index is 239. The molecule has 0 aromatic rings. The van der Waals surface area contributed by atoms with Crippen molar-refractivity contribution in [1.29, 1.82) is 0 Å². The summed E-state index contributed by atoms with van der Waals surface area (Å²) in [6.07, 6.45) is 10.2. The Morgan fingerprint density at radius 1 is 1.00 bits per heavy atom. The SMILES string of the molecule is C[C@@H](NC1CN2CCC1CC2)C1CCCCC1. The molecule has 3 heterocycles. The van der Waals surface area contributed by atoms with Gasteiger partial charge in [-0.2, -0.15) is 0 Å². The highest BCUT2D eigenvalue weighted by Crippen LogP contribution is 2.30. The third kappa shape index (κ3) is 2.68. The van der Waals surface area contributed by atoms with Crippen LogP contribution in [0.25, 0.3) is 0 Å². The lowest BCUT2D eigenvalue weighted by Gasteiger charge is -2.47. The van der Waals surface area contributed by atoms with Gasteiger partial charge in [-0.05, 0) is 57.5 Å². The second-order valence-corrected chi connectivity index (χ2v) is 6.60. The first-order valence-electron chi connectivity index (χ1n) is 7.81. The van der Waals surface area contributed by atoms with E-state index in [-0.39, 0.29) is 0 Å². The van der Waals surface area contributed by atoms with Crippen LogP contribution in [-0.2, 0) is 0 Å². The first kappa shape index (κ1) is 12.0. The normalized spacial score (nSPS) is 40.4. The van der Waals surface area contributed by atoms with Gasteiger partial charge >= 0.3 is 0 Å². The van der Waals surface area contributed by atoms with Crippen LogP contribution in [0.3, 0.4) is 0 Å². The summed E-state index contributed by atoms with van der Waals surface area (Å²) in [5, 5.41) is 3.98. The summed E-state index contributed by atoms with van der Waals surface area (Å²) in [5.74, 6) is 1.94. The van der Waals surface area contributed by atoms with E-state index in [1.165, 1.54) is 64.6 Å². The minimum atomic E-state index is 0.751. The van der Waals surface area contributed by atoms with E-state index in [4.69, 9.17) is 0 Å². The highest BCUT2D eigenvalue weighted by atomic mass is 15.2. The third-order valence-electron chi connectivity index (χ3n) is 5.49. The van der Waals surface area contributed by atoms with E-state index in [1.54, 1.807) is 0 Å². The summed E-state index contributed by atoms with van der Waals surface area (Å²) in [6, 6.07) is 1.55. The lowest BCUT2D eigenvalue weighted by atomic mass is 9.81. The Kier molecular flexibility index (Phi) is 3.72. The predicted molar refractivity (Wildman–Crippen MR) is 72.1 cm³/mol. The maximum atomic E-state index is 3.98. The number of fused-ring (bicyclic) bond motifs is 3. The Morgan fingerprint density at radius 2 is 1.71 bits per heavy atom. The number of rotatable bonds is 3. The van der Waals surface area contributed by atoms with Crippen LogP contribution in [0.1, 0.15) is 51.9 Å². The quantitative estimate of drug-likeness (QED) is 0.810. The van der Waals surface area contributed by atoms with E-state index in [9.17, 15) is 0 Å². The van der Waals surface area contributed by atoms with Crippen molar-refractivity contribution in [2.45, 2.75) is 64.0 Å². The summed E-state index contributed by atoms with van der Waals surface area (Å²) in [4.78, 5) is 2.66. The third-order valence-corrected chi connectivity index (χ3v) is 5.49. The van der Waals surface area contributed by atoms with Crippen molar-refractivity contribution in [3.63, 3.8) is 0 Å². The van der Waals surface area contributed by atoms with E-state index in [0.29, 0.717) is 0 Å². The molecule has 4 aliphatic rings. The van der Waals surface area contributed by atoms with E-state index < -0.39 is 0 Å². The highest BCUT2D eigenvalue weighted by Gasteiger charge is 2.35. The fourth-order valence-electron chi connectivity index (χ4n) is 4.26. The van der Waals surface area contributed by atoms with Gasteiger partial charge in [-0.3, -0.25) is 0 Å². The monoisotopic (exact) mass is 236 g/mol. The zero-order valence-corrected chi connectivity index (χ0v) is 11.3. The van der Waals surface area contributed by atoms with E-state index in [1.807, 2.05) is 0 Å². The summed E-state index contributed by atoms with van der Waals surface area (Å²) >= 11 is 0. The summed E-state index contributed by atoms with van der Waals surface area (Å²) in [6.45, 7) is 6.48. The lowest BCUT2D eigenvalue weighted by Crippen LogP contribution is -2.58. The average molecular weight is 236 g/mol. The van der Waals surface area contributed by atoms with Gasteiger partial charge < -0.3 is 10.2 Å². The van der Waals surface area contributed by atoms with Crippen molar-refractivity contribution in [2.75, 3.05) is 19.6 Å². The average Bonchev–Trinajstić information content (AvgIpc) is 2.41. The van der Waals surface area contributed by atoms with Gasteiger partial charge in [0.1, 0.15) is 0 Å². The molecule has 1 unspecified atom stereocenters. The molecule has 2 bridgehead atoms. The van der Waals surface area contributed by atoms with Crippen LogP contribution in [0.5, 0.6) is 0 Å². The van der Waals surface area contributed by atoms with Crippen molar-refractivity contribution in [3.05, 3.63) is 0 Å². The molecular formula is C15H28N2. The van der Waals surface area contributed by atoms with Crippen LogP contribution in [-0.4, -0.2) is 36.6 Å². The molecule has 0 amide bonds. The van der Waals surface area contributed by atoms with Crippen LogP contribution in [0.4, 0.5) is 0 Å². The zero-order valence-electron chi connectivity index (χ0n) is 11.3. The number of hydrogen-bond acceptors (Lipinski definition) is 2. The minimum absolute atomic E-state index is 0.751. The molecule has 2 heteroatoms. The first-order chi connectivity index (χ1) is 8.33. The standard InChI is InChI=1S/C15H28N2/c1-12(13-5-3-2-4-6-13)16-15-11-17-9-7-14(15)8-10-17/h12-16H,2-11H2,1H3/t12-,15?/m1/s1. The molecule has 3 saturated heterocycles.